The van der Waals surface area contributed by atoms with Gasteiger partial charge in [0.25, 0.3) is 5.91 Å². The van der Waals surface area contributed by atoms with E-state index in [1.807, 2.05) is 24.3 Å². The van der Waals surface area contributed by atoms with Gasteiger partial charge in [-0.15, -0.1) is 0 Å². The molecule has 3 aromatic carbocycles. The maximum Gasteiger partial charge on any atom is 0.256 e. The van der Waals surface area contributed by atoms with E-state index in [0.29, 0.717) is 34.5 Å². The first kappa shape index (κ1) is 24.2. The summed E-state index contributed by atoms with van der Waals surface area (Å²) in [4.78, 5) is 29.5. The molecule has 1 heterocycles. The van der Waals surface area contributed by atoms with E-state index in [1.54, 1.807) is 43.4 Å². The van der Waals surface area contributed by atoms with Crippen LogP contribution >= 0.6 is 12.2 Å². The van der Waals surface area contributed by atoms with Crippen molar-refractivity contribution in [3.63, 3.8) is 0 Å². The lowest BCUT2D eigenvalue weighted by molar-refractivity contribution is -0.124. The number of carbonyl (C=O) groups excluding carboxylic acids is 2. The van der Waals surface area contributed by atoms with Gasteiger partial charge in [0.15, 0.2) is 5.11 Å². The number of benzene rings is 3. The van der Waals surface area contributed by atoms with E-state index in [2.05, 4.69) is 5.32 Å². The van der Waals surface area contributed by atoms with Crippen LogP contribution in [-0.2, 0) is 16.1 Å². The van der Waals surface area contributed by atoms with Crippen LogP contribution in [0.2, 0.25) is 0 Å². The molecule has 1 fully saturated rings. The van der Waals surface area contributed by atoms with Crippen molar-refractivity contribution < 1.29 is 23.5 Å². The van der Waals surface area contributed by atoms with Crippen LogP contribution in [0.4, 0.5) is 15.8 Å². The van der Waals surface area contributed by atoms with Gasteiger partial charge in [-0.2, -0.15) is 0 Å². The molecule has 9 heteroatoms. The SMILES string of the molecule is COc1ccc(CN2C(=S)N(c3ccc(OC)cc3)C(=O)[C@@H]2CC(=O)Nc2ccc(F)cc2)cc1. The van der Waals surface area contributed by atoms with E-state index in [0.717, 1.165) is 5.56 Å². The number of amides is 2. The Labute approximate surface area is 208 Å². The summed E-state index contributed by atoms with van der Waals surface area (Å²) in [6.45, 7) is 0.329. The Morgan fingerprint density at radius 1 is 0.943 bits per heavy atom. The van der Waals surface area contributed by atoms with Crippen molar-refractivity contribution in [1.82, 2.24) is 4.90 Å². The zero-order valence-corrected chi connectivity index (χ0v) is 20.0. The third-order valence-corrected chi connectivity index (χ3v) is 6.09. The third kappa shape index (κ3) is 5.41. The fourth-order valence-electron chi connectivity index (χ4n) is 3.83. The van der Waals surface area contributed by atoms with Gasteiger partial charge in [-0.1, -0.05) is 12.1 Å². The maximum absolute atomic E-state index is 13.5. The second-order valence-corrected chi connectivity index (χ2v) is 8.27. The number of rotatable bonds is 8. The van der Waals surface area contributed by atoms with Gasteiger partial charge in [0.05, 0.1) is 26.3 Å². The number of hydrogen-bond donors (Lipinski definition) is 1. The summed E-state index contributed by atoms with van der Waals surface area (Å²) in [6, 6.07) is 19.0. The van der Waals surface area contributed by atoms with Crippen LogP contribution in [-0.4, -0.2) is 42.1 Å². The van der Waals surface area contributed by atoms with Crippen molar-refractivity contribution in [3.8, 4) is 11.5 Å². The van der Waals surface area contributed by atoms with Gasteiger partial charge in [0.2, 0.25) is 5.91 Å². The van der Waals surface area contributed by atoms with Crippen molar-refractivity contribution >= 4 is 40.5 Å². The van der Waals surface area contributed by atoms with Crippen LogP contribution in [0.25, 0.3) is 0 Å². The summed E-state index contributed by atoms with van der Waals surface area (Å²) in [5, 5.41) is 3.02. The van der Waals surface area contributed by atoms with Gasteiger partial charge in [-0.3, -0.25) is 14.5 Å². The zero-order chi connectivity index (χ0) is 24.9. The van der Waals surface area contributed by atoms with Gasteiger partial charge in [0, 0.05) is 12.2 Å². The van der Waals surface area contributed by atoms with Gasteiger partial charge in [-0.25, -0.2) is 4.39 Å². The number of ether oxygens (including phenoxy) is 2. The van der Waals surface area contributed by atoms with Crippen LogP contribution < -0.4 is 19.7 Å². The van der Waals surface area contributed by atoms with Gasteiger partial charge in [0.1, 0.15) is 23.4 Å². The lowest BCUT2D eigenvalue weighted by Crippen LogP contribution is -2.37. The van der Waals surface area contributed by atoms with Crippen molar-refractivity contribution in [1.29, 1.82) is 0 Å². The van der Waals surface area contributed by atoms with E-state index in [9.17, 15) is 14.0 Å². The minimum atomic E-state index is -0.813. The summed E-state index contributed by atoms with van der Waals surface area (Å²) in [5.74, 6) is 0.276. The highest BCUT2D eigenvalue weighted by Crippen LogP contribution is 2.30. The number of halogens is 1. The fourth-order valence-corrected chi connectivity index (χ4v) is 4.22. The molecule has 180 valence electrons. The van der Waals surface area contributed by atoms with Crippen molar-refractivity contribution in [2.45, 2.75) is 19.0 Å². The molecule has 1 aliphatic rings. The first-order valence-corrected chi connectivity index (χ1v) is 11.3. The lowest BCUT2D eigenvalue weighted by Gasteiger charge is -2.24. The number of nitrogens with zero attached hydrogens (tertiary/aromatic N) is 2. The Morgan fingerprint density at radius 2 is 1.51 bits per heavy atom. The lowest BCUT2D eigenvalue weighted by atomic mass is 10.1. The van der Waals surface area contributed by atoms with Crippen LogP contribution in [0, 0.1) is 5.82 Å². The highest BCUT2D eigenvalue weighted by molar-refractivity contribution is 7.80. The van der Waals surface area contributed by atoms with Crippen molar-refractivity contribution in [3.05, 3.63) is 84.2 Å². The number of nitrogens with one attached hydrogen (secondary N) is 1. The third-order valence-electron chi connectivity index (χ3n) is 5.67. The van der Waals surface area contributed by atoms with Crippen LogP contribution in [0.3, 0.4) is 0 Å². The van der Waals surface area contributed by atoms with E-state index in [-0.39, 0.29) is 18.2 Å². The number of hydrogen-bond acceptors (Lipinski definition) is 5. The van der Waals surface area contributed by atoms with Crippen molar-refractivity contribution in [2.24, 2.45) is 0 Å². The highest BCUT2D eigenvalue weighted by Gasteiger charge is 2.44. The standard InChI is InChI=1S/C26H24FN3O4S/c1-33-21-11-3-17(4-12-21)16-29-23(15-24(31)28-19-7-5-18(27)6-8-19)25(32)30(26(29)35)20-9-13-22(34-2)14-10-20/h3-14,23H,15-16H2,1-2H3,(H,28,31)/t23-/m0/s1. The van der Waals surface area contributed by atoms with Gasteiger partial charge in [-0.05, 0) is 78.4 Å². The molecule has 1 N–H and O–H groups in total. The molecule has 1 saturated heterocycles. The van der Waals surface area contributed by atoms with Crippen molar-refractivity contribution in [2.75, 3.05) is 24.4 Å². The second kappa shape index (κ2) is 10.5. The fraction of sp³-hybridized carbons (Fsp3) is 0.192. The first-order valence-electron chi connectivity index (χ1n) is 10.9. The number of carbonyl (C=O) groups is 2. The normalized spacial score (nSPS) is 15.3. The van der Waals surface area contributed by atoms with Crippen LogP contribution in [0.15, 0.2) is 72.8 Å². The van der Waals surface area contributed by atoms with Crippen LogP contribution in [0.1, 0.15) is 12.0 Å². The molecule has 0 bridgehead atoms. The molecule has 3 aromatic rings. The Kier molecular flexibility index (Phi) is 7.26. The predicted octanol–water partition coefficient (Wildman–Crippen LogP) is 4.37. The second-order valence-electron chi connectivity index (χ2n) is 7.91. The highest BCUT2D eigenvalue weighted by atomic mass is 32.1. The topological polar surface area (TPSA) is 71.1 Å². The Bertz CT molecular complexity index is 1220. The van der Waals surface area contributed by atoms with Crippen LogP contribution in [0.5, 0.6) is 11.5 Å². The molecule has 0 saturated carbocycles. The quantitative estimate of drug-likeness (QED) is 0.470. The van der Waals surface area contributed by atoms with E-state index in [1.165, 1.54) is 29.2 Å². The largest absolute Gasteiger partial charge is 0.497 e. The maximum atomic E-state index is 13.5. The Morgan fingerprint density at radius 3 is 2.09 bits per heavy atom. The molecule has 4 rings (SSSR count). The summed E-state index contributed by atoms with van der Waals surface area (Å²) in [7, 11) is 3.15. The molecule has 1 aliphatic heterocycles. The van der Waals surface area contributed by atoms with Gasteiger partial charge < -0.3 is 19.7 Å². The summed E-state index contributed by atoms with van der Waals surface area (Å²) >= 11 is 5.71. The minimum Gasteiger partial charge on any atom is -0.497 e. The average molecular weight is 494 g/mol. The monoisotopic (exact) mass is 493 g/mol. The molecule has 0 aromatic heterocycles. The molecule has 0 aliphatic carbocycles. The molecule has 0 unspecified atom stereocenters. The predicted molar refractivity (Wildman–Crippen MR) is 135 cm³/mol. The summed E-state index contributed by atoms with van der Waals surface area (Å²) in [6.07, 6.45) is -0.126. The molecular weight excluding hydrogens is 469 g/mol. The molecule has 2 amide bonds. The molecular formula is C26H24FN3O4S. The number of anilines is 2. The molecule has 0 spiro atoms. The van der Waals surface area contributed by atoms with E-state index < -0.39 is 11.9 Å². The average Bonchev–Trinajstić information content (AvgIpc) is 3.09. The summed E-state index contributed by atoms with van der Waals surface area (Å²) in [5.41, 5.74) is 1.93. The number of methoxy groups -OCH3 is 2. The van der Waals surface area contributed by atoms with E-state index >= 15 is 0 Å². The first-order chi connectivity index (χ1) is 16.9. The smallest absolute Gasteiger partial charge is 0.256 e. The molecule has 0 radical (unpaired) electrons. The minimum absolute atomic E-state index is 0.126. The van der Waals surface area contributed by atoms with E-state index in [4.69, 9.17) is 21.7 Å². The van der Waals surface area contributed by atoms with Gasteiger partial charge >= 0.3 is 0 Å². The molecule has 35 heavy (non-hydrogen) atoms. The Balaban J connectivity index is 1.59. The zero-order valence-electron chi connectivity index (χ0n) is 19.2. The molecule has 1 atom stereocenters. The molecule has 7 nitrogen and oxygen atoms in total. The Hall–Kier alpha value is -3.98. The summed E-state index contributed by atoms with van der Waals surface area (Å²) < 4.78 is 23.6. The number of thiocarbonyl (C=S) groups is 1.